The number of anilines is 2. The molecular formula is C17H17N3O3S. The third-order valence-corrected chi connectivity index (χ3v) is 5.60. The number of nitrogens with two attached hydrogens (primary N) is 1. The number of carbonyl (C=O) groups is 1. The Hall–Kier alpha value is -2.64. The lowest BCUT2D eigenvalue weighted by atomic mass is 10.2. The van der Waals surface area contributed by atoms with E-state index >= 15 is 0 Å². The van der Waals surface area contributed by atoms with Crippen molar-refractivity contribution in [3.05, 3.63) is 66.2 Å². The van der Waals surface area contributed by atoms with Crippen LogP contribution in [0.25, 0.3) is 0 Å². The molecule has 1 aliphatic rings. The van der Waals surface area contributed by atoms with Crippen LogP contribution in [-0.2, 0) is 14.8 Å². The van der Waals surface area contributed by atoms with Crippen molar-refractivity contribution in [3.63, 3.8) is 0 Å². The largest absolute Gasteiger partial charge is 0.397 e. The Balaban J connectivity index is 1.71. The molecule has 24 heavy (non-hydrogen) atoms. The minimum Gasteiger partial charge on any atom is -0.397 e. The van der Waals surface area contributed by atoms with Crippen LogP contribution in [-0.4, -0.2) is 31.7 Å². The molecule has 0 fully saturated rings. The SMILES string of the molecule is Nc1ccccc1NC(=O)C1=CCN(S(=O)(=O)c2ccccc2)C1. The second-order valence-electron chi connectivity index (χ2n) is 5.38. The van der Waals surface area contributed by atoms with Crippen LogP contribution in [0.3, 0.4) is 0 Å². The summed E-state index contributed by atoms with van der Waals surface area (Å²) in [7, 11) is -3.61. The van der Waals surface area contributed by atoms with Gasteiger partial charge in [-0.2, -0.15) is 4.31 Å². The lowest BCUT2D eigenvalue weighted by molar-refractivity contribution is -0.112. The summed E-state index contributed by atoms with van der Waals surface area (Å²) in [5.74, 6) is -0.348. The van der Waals surface area contributed by atoms with E-state index in [0.29, 0.717) is 16.9 Å². The quantitative estimate of drug-likeness (QED) is 0.829. The van der Waals surface area contributed by atoms with E-state index in [0.717, 1.165) is 0 Å². The highest BCUT2D eigenvalue weighted by Crippen LogP contribution is 2.23. The molecule has 1 aliphatic heterocycles. The number of para-hydroxylation sites is 2. The lowest BCUT2D eigenvalue weighted by Crippen LogP contribution is -2.30. The van der Waals surface area contributed by atoms with Gasteiger partial charge in [0.15, 0.2) is 0 Å². The molecule has 6 nitrogen and oxygen atoms in total. The van der Waals surface area contributed by atoms with Gasteiger partial charge in [-0.25, -0.2) is 8.42 Å². The maximum Gasteiger partial charge on any atom is 0.252 e. The van der Waals surface area contributed by atoms with E-state index in [9.17, 15) is 13.2 Å². The van der Waals surface area contributed by atoms with Crippen molar-refractivity contribution in [1.82, 2.24) is 4.31 Å². The molecule has 0 aliphatic carbocycles. The van der Waals surface area contributed by atoms with Gasteiger partial charge < -0.3 is 11.1 Å². The van der Waals surface area contributed by atoms with E-state index < -0.39 is 10.0 Å². The van der Waals surface area contributed by atoms with Gasteiger partial charge in [-0.05, 0) is 24.3 Å². The number of nitrogens with zero attached hydrogens (tertiary/aromatic N) is 1. The number of hydrogen-bond donors (Lipinski definition) is 2. The predicted molar refractivity (Wildman–Crippen MR) is 92.8 cm³/mol. The molecule has 2 aromatic carbocycles. The van der Waals surface area contributed by atoms with Gasteiger partial charge in [0.1, 0.15) is 0 Å². The maximum atomic E-state index is 12.6. The second-order valence-corrected chi connectivity index (χ2v) is 7.32. The van der Waals surface area contributed by atoms with Crippen molar-refractivity contribution >= 4 is 27.3 Å². The van der Waals surface area contributed by atoms with E-state index in [2.05, 4.69) is 5.32 Å². The predicted octanol–water partition coefficient (Wildman–Crippen LogP) is 1.84. The molecule has 0 bridgehead atoms. The summed E-state index contributed by atoms with van der Waals surface area (Å²) in [6.45, 7) is 0.208. The molecule has 3 N–H and O–H groups in total. The third-order valence-electron chi connectivity index (χ3n) is 3.77. The summed E-state index contributed by atoms with van der Waals surface area (Å²) in [5.41, 5.74) is 7.16. The van der Waals surface area contributed by atoms with Crippen molar-refractivity contribution in [1.29, 1.82) is 0 Å². The number of amides is 1. The van der Waals surface area contributed by atoms with Gasteiger partial charge in [-0.3, -0.25) is 4.79 Å². The first-order chi connectivity index (χ1) is 11.5. The second kappa shape index (κ2) is 6.46. The Kier molecular flexibility index (Phi) is 4.37. The van der Waals surface area contributed by atoms with Crippen LogP contribution in [0.15, 0.2) is 71.1 Å². The Bertz CT molecular complexity index is 892. The van der Waals surface area contributed by atoms with E-state index in [1.807, 2.05) is 0 Å². The Morgan fingerprint density at radius 3 is 2.42 bits per heavy atom. The average molecular weight is 343 g/mol. The lowest BCUT2D eigenvalue weighted by Gasteiger charge is -2.16. The van der Waals surface area contributed by atoms with Gasteiger partial charge in [-0.1, -0.05) is 36.4 Å². The molecule has 0 spiro atoms. The minimum atomic E-state index is -3.61. The maximum absolute atomic E-state index is 12.6. The highest BCUT2D eigenvalue weighted by Gasteiger charge is 2.30. The highest BCUT2D eigenvalue weighted by molar-refractivity contribution is 7.89. The number of hydrogen-bond acceptors (Lipinski definition) is 4. The van der Waals surface area contributed by atoms with Gasteiger partial charge in [-0.15, -0.1) is 0 Å². The molecule has 3 rings (SSSR count). The highest BCUT2D eigenvalue weighted by atomic mass is 32.2. The molecule has 0 unspecified atom stereocenters. The zero-order chi connectivity index (χ0) is 17.2. The molecule has 1 heterocycles. The van der Waals surface area contributed by atoms with Crippen molar-refractivity contribution in [2.75, 3.05) is 24.1 Å². The Morgan fingerprint density at radius 2 is 1.71 bits per heavy atom. The van der Waals surface area contributed by atoms with Gasteiger partial charge in [0.2, 0.25) is 10.0 Å². The first-order valence-corrected chi connectivity index (χ1v) is 8.82. The fraction of sp³-hybridized carbons (Fsp3) is 0.118. The van der Waals surface area contributed by atoms with Gasteiger partial charge in [0, 0.05) is 18.7 Å². The summed E-state index contributed by atoms with van der Waals surface area (Å²) in [6, 6.07) is 15.1. The summed E-state index contributed by atoms with van der Waals surface area (Å²) in [5, 5.41) is 2.71. The van der Waals surface area contributed by atoms with E-state index in [1.165, 1.54) is 16.4 Å². The number of benzene rings is 2. The number of carbonyl (C=O) groups excluding carboxylic acids is 1. The molecule has 0 atom stereocenters. The number of sulfonamides is 1. The van der Waals surface area contributed by atoms with Crippen LogP contribution in [0.2, 0.25) is 0 Å². The first-order valence-electron chi connectivity index (χ1n) is 7.38. The Morgan fingerprint density at radius 1 is 1.04 bits per heavy atom. The average Bonchev–Trinajstić information content (AvgIpc) is 3.09. The standard InChI is InChI=1S/C17H17N3O3S/c18-15-8-4-5-9-16(15)19-17(21)13-10-11-20(12-13)24(22,23)14-6-2-1-3-7-14/h1-10H,11-12,18H2,(H,19,21). The third kappa shape index (κ3) is 3.17. The van der Waals surface area contributed by atoms with Gasteiger partial charge >= 0.3 is 0 Å². The molecule has 124 valence electrons. The van der Waals surface area contributed by atoms with Crippen LogP contribution < -0.4 is 11.1 Å². The van der Waals surface area contributed by atoms with Gasteiger partial charge in [0.25, 0.3) is 5.91 Å². The zero-order valence-electron chi connectivity index (χ0n) is 12.8. The molecule has 7 heteroatoms. The fourth-order valence-corrected chi connectivity index (χ4v) is 3.81. The van der Waals surface area contributed by atoms with E-state index in [-0.39, 0.29) is 23.9 Å². The van der Waals surface area contributed by atoms with E-state index in [4.69, 9.17) is 5.73 Å². The summed E-state index contributed by atoms with van der Waals surface area (Å²) in [4.78, 5) is 12.5. The topological polar surface area (TPSA) is 92.5 Å². The monoisotopic (exact) mass is 343 g/mol. The molecular weight excluding hydrogens is 326 g/mol. The number of nitrogen functional groups attached to an aromatic ring is 1. The molecule has 0 saturated carbocycles. The van der Waals surface area contributed by atoms with E-state index in [1.54, 1.807) is 48.5 Å². The molecule has 2 aromatic rings. The van der Waals surface area contributed by atoms with Crippen LogP contribution in [0.1, 0.15) is 0 Å². The summed E-state index contributed by atoms with van der Waals surface area (Å²) in [6.07, 6.45) is 1.62. The van der Waals surface area contributed by atoms with Crippen LogP contribution >= 0.6 is 0 Å². The van der Waals surface area contributed by atoms with Crippen LogP contribution in [0, 0.1) is 0 Å². The summed E-state index contributed by atoms with van der Waals surface area (Å²) >= 11 is 0. The molecule has 0 aromatic heterocycles. The van der Waals surface area contributed by atoms with Crippen LogP contribution in [0.5, 0.6) is 0 Å². The molecule has 1 amide bonds. The van der Waals surface area contributed by atoms with Crippen molar-refractivity contribution in [2.24, 2.45) is 0 Å². The smallest absolute Gasteiger partial charge is 0.252 e. The first kappa shape index (κ1) is 16.2. The number of nitrogens with one attached hydrogen (secondary N) is 1. The van der Waals surface area contributed by atoms with Crippen molar-refractivity contribution < 1.29 is 13.2 Å². The van der Waals surface area contributed by atoms with Gasteiger partial charge in [0.05, 0.1) is 16.3 Å². The molecule has 0 saturated heterocycles. The number of rotatable bonds is 4. The zero-order valence-corrected chi connectivity index (χ0v) is 13.7. The van der Waals surface area contributed by atoms with Crippen molar-refractivity contribution in [2.45, 2.75) is 4.90 Å². The summed E-state index contributed by atoms with van der Waals surface area (Å²) < 4.78 is 26.4. The fourth-order valence-electron chi connectivity index (χ4n) is 2.43. The normalized spacial score (nSPS) is 15.1. The van der Waals surface area contributed by atoms with Crippen LogP contribution in [0.4, 0.5) is 11.4 Å². The Labute approximate surface area is 140 Å². The minimum absolute atomic E-state index is 0.0375. The molecule has 0 radical (unpaired) electrons. The van der Waals surface area contributed by atoms with Crippen molar-refractivity contribution in [3.8, 4) is 0 Å².